The normalized spacial score (nSPS) is 12.8. The number of carbonyl (C=O) groups is 3. The second-order valence-electron chi connectivity index (χ2n) is 7.15. The highest BCUT2D eigenvalue weighted by atomic mass is 16.6. The number of nitro groups is 1. The lowest BCUT2D eigenvalue weighted by Gasteiger charge is -2.13. The van der Waals surface area contributed by atoms with Crippen molar-refractivity contribution >= 4 is 29.1 Å². The molecule has 162 valence electrons. The zero-order chi connectivity index (χ0) is 23.0. The molecule has 0 radical (unpaired) electrons. The lowest BCUT2D eigenvalue weighted by molar-refractivity contribution is -0.385. The third kappa shape index (κ3) is 3.71. The van der Waals surface area contributed by atoms with E-state index in [9.17, 15) is 29.3 Å². The molecule has 11 nitrogen and oxygen atoms in total. The molecule has 1 aliphatic rings. The van der Waals surface area contributed by atoms with Gasteiger partial charge in [-0.3, -0.25) is 38.6 Å². The lowest BCUT2D eigenvalue weighted by Crippen LogP contribution is -2.32. The minimum Gasteiger partial charge on any atom is -0.459 e. The van der Waals surface area contributed by atoms with Crippen LogP contribution in [0.15, 0.2) is 47.4 Å². The summed E-state index contributed by atoms with van der Waals surface area (Å²) in [6, 6.07) is 8.51. The van der Waals surface area contributed by atoms with Gasteiger partial charge in [-0.1, -0.05) is 12.1 Å². The van der Waals surface area contributed by atoms with Crippen molar-refractivity contribution in [2.45, 2.75) is 20.0 Å². The van der Waals surface area contributed by atoms with Crippen LogP contribution in [0.25, 0.3) is 5.65 Å². The van der Waals surface area contributed by atoms with E-state index in [0.717, 1.165) is 16.5 Å². The average Bonchev–Trinajstić information content (AvgIpc) is 3.01. The minimum atomic E-state index is -0.829. The standard InChI is InChI=1S/C21H16N4O7/c1-12-5-6-16-22-13(9-17(26)24(16)10-12)11-32-18(27)7-8-23-20(28)14-3-2-4-15(25(30)31)19(14)21(23)29/h2-6,9-10H,7-8,11H2,1H3. The van der Waals surface area contributed by atoms with Gasteiger partial charge in [0.05, 0.1) is 22.6 Å². The van der Waals surface area contributed by atoms with Crippen LogP contribution in [-0.4, -0.2) is 43.5 Å². The molecule has 0 fully saturated rings. The number of aryl methyl sites for hydroxylation is 1. The summed E-state index contributed by atoms with van der Waals surface area (Å²) in [5.41, 5.74) is 0.400. The van der Waals surface area contributed by atoms with E-state index in [4.69, 9.17) is 4.74 Å². The van der Waals surface area contributed by atoms with Crippen LogP contribution in [0, 0.1) is 17.0 Å². The summed E-state index contributed by atoms with van der Waals surface area (Å²) in [7, 11) is 0. The first-order valence-electron chi connectivity index (χ1n) is 9.54. The summed E-state index contributed by atoms with van der Waals surface area (Å²) in [6.45, 7) is 1.29. The molecule has 0 spiro atoms. The Morgan fingerprint density at radius 3 is 2.69 bits per heavy atom. The van der Waals surface area contributed by atoms with Gasteiger partial charge >= 0.3 is 5.97 Å². The predicted molar refractivity (Wildman–Crippen MR) is 109 cm³/mol. The van der Waals surface area contributed by atoms with Crippen molar-refractivity contribution in [3.63, 3.8) is 0 Å². The first-order chi connectivity index (χ1) is 15.3. The smallest absolute Gasteiger partial charge is 0.307 e. The van der Waals surface area contributed by atoms with Crippen LogP contribution >= 0.6 is 0 Å². The van der Waals surface area contributed by atoms with E-state index in [-0.39, 0.29) is 42.0 Å². The van der Waals surface area contributed by atoms with Crippen LogP contribution in [0.2, 0.25) is 0 Å². The average molecular weight is 436 g/mol. The molecule has 0 bridgehead atoms. The van der Waals surface area contributed by atoms with Crippen LogP contribution in [0.4, 0.5) is 5.69 Å². The zero-order valence-corrected chi connectivity index (χ0v) is 16.8. The number of imide groups is 1. The first-order valence-corrected chi connectivity index (χ1v) is 9.54. The van der Waals surface area contributed by atoms with E-state index >= 15 is 0 Å². The molecule has 4 rings (SSSR count). The van der Waals surface area contributed by atoms with Crippen LogP contribution < -0.4 is 5.56 Å². The fraction of sp³-hybridized carbons (Fsp3) is 0.190. The van der Waals surface area contributed by atoms with Gasteiger partial charge in [-0.15, -0.1) is 0 Å². The van der Waals surface area contributed by atoms with Crippen molar-refractivity contribution in [2.75, 3.05) is 6.54 Å². The summed E-state index contributed by atoms with van der Waals surface area (Å²) < 4.78 is 6.50. The molecular weight excluding hydrogens is 420 g/mol. The lowest BCUT2D eigenvalue weighted by atomic mass is 10.1. The Morgan fingerprint density at radius 1 is 1.16 bits per heavy atom. The van der Waals surface area contributed by atoms with E-state index in [1.165, 1.54) is 22.6 Å². The van der Waals surface area contributed by atoms with E-state index in [0.29, 0.717) is 5.65 Å². The summed E-state index contributed by atoms with van der Waals surface area (Å²) in [4.78, 5) is 64.8. The van der Waals surface area contributed by atoms with Crippen LogP contribution in [0.1, 0.15) is 38.4 Å². The number of hydrogen-bond donors (Lipinski definition) is 0. The molecule has 1 aliphatic heterocycles. The van der Waals surface area contributed by atoms with Crippen molar-refractivity contribution < 1.29 is 24.0 Å². The quantitative estimate of drug-likeness (QED) is 0.246. The van der Waals surface area contributed by atoms with E-state index < -0.39 is 28.4 Å². The Kier molecular flexibility index (Phi) is 5.23. The molecule has 0 unspecified atom stereocenters. The Hall–Kier alpha value is -4.41. The highest BCUT2D eigenvalue weighted by Gasteiger charge is 2.40. The van der Waals surface area contributed by atoms with Gasteiger partial charge in [0.2, 0.25) is 0 Å². The minimum absolute atomic E-state index is 0.0753. The Morgan fingerprint density at radius 2 is 1.94 bits per heavy atom. The Balaban J connectivity index is 1.40. The van der Waals surface area contributed by atoms with Crippen molar-refractivity contribution in [1.82, 2.24) is 14.3 Å². The number of rotatable bonds is 6. The summed E-state index contributed by atoms with van der Waals surface area (Å²) in [6.07, 6.45) is 1.33. The number of carbonyl (C=O) groups excluding carboxylic acids is 3. The number of hydrogen-bond acceptors (Lipinski definition) is 8. The highest BCUT2D eigenvalue weighted by Crippen LogP contribution is 2.30. The van der Waals surface area contributed by atoms with Crippen LogP contribution in [-0.2, 0) is 16.1 Å². The molecule has 3 heterocycles. The summed E-state index contributed by atoms with van der Waals surface area (Å²) in [5.74, 6) is -2.26. The molecule has 0 atom stereocenters. The second kappa shape index (κ2) is 8.02. The first kappa shape index (κ1) is 20.8. The van der Waals surface area contributed by atoms with Gasteiger partial charge in [0.25, 0.3) is 23.1 Å². The Labute approximate surface area is 180 Å². The molecule has 0 saturated carbocycles. The van der Waals surface area contributed by atoms with Gasteiger partial charge in [0, 0.05) is 24.9 Å². The maximum atomic E-state index is 12.5. The number of nitrogens with zero attached hydrogens (tertiary/aromatic N) is 4. The second-order valence-corrected chi connectivity index (χ2v) is 7.15. The fourth-order valence-electron chi connectivity index (χ4n) is 3.43. The number of amides is 2. The monoisotopic (exact) mass is 436 g/mol. The number of esters is 1. The molecule has 32 heavy (non-hydrogen) atoms. The molecule has 0 N–H and O–H groups in total. The molecule has 3 aromatic rings. The predicted octanol–water partition coefficient (Wildman–Crippen LogP) is 1.64. The largest absolute Gasteiger partial charge is 0.459 e. The van der Waals surface area contributed by atoms with Gasteiger partial charge in [-0.2, -0.15) is 0 Å². The zero-order valence-electron chi connectivity index (χ0n) is 16.8. The fourth-order valence-corrected chi connectivity index (χ4v) is 3.43. The number of pyridine rings is 1. The molecule has 2 amide bonds. The van der Waals surface area contributed by atoms with Crippen molar-refractivity contribution in [3.05, 3.63) is 85.4 Å². The Bertz CT molecular complexity index is 1360. The third-order valence-corrected chi connectivity index (χ3v) is 4.95. The number of nitro benzene ring substituents is 1. The number of ether oxygens (including phenoxy) is 1. The van der Waals surface area contributed by atoms with Gasteiger partial charge in [0.15, 0.2) is 0 Å². The van der Waals surface area contributed by atoms with Gasteiger partial charge in [-0.25, -0.2) is 4.98 Å². The number of aromatic nitrogens is 2. The van der Waals surface area contributed by atoms with Crippen LogP contribution in [0.3, 0.4) is 0 Å². The summed E-state index contributed by atoms with van der Waals surface area (Å²) >= 11 is 0. The SMILES string of the molecule is Cc1ccc2nc(COC(=O)CCN3C(=O)c4cccc([N+](=O)[O-])c4C3=O)cc(=O)n2c1. The molecular formula is C21H16N4O7. The topological polar surface area (TPSA) is 141 Å². The van der Waals surface area contributed by atoms with Crippen molar-refractivity contribution in [1.29, 1.82) is 0 Å². The van der Waals surface area contributed by atoms with Crippen LogP contribution in [0.5, 0.6) is 0 Å². The molecule has 0 aliphatic carbocycles. The molecule has 1 aromatic carbocycles. The maximum absolute atomic E-state index is 12.5. The summed E-state index contributed by atoms with van der Waals surface area (Å²) in [5, 5.41) is 11.1. The molecule has 2 aromatic heterocycles. The number of fused-ring (bicyclic) bond motifs is 2. The van der Waals surface area contributed by atoms with E-state index in [1.807, 2.05) is 6.92 Å². The third-order valence-electron chi connectivity index (χ3n) is 4.95. The van der Waals surface area contributed by atoms with Gasteiger partial charge in [0.1, 0.15) is 17.8 Å². The van der Waals surface area contributed by atoms with Gasteiger partial charge in [-0.05, 0) is 24.6 Å². The number of benzene rings is 1. The van der Waals surface area contributed by atoms with E-state index in [1.54, 1.807) is 18.3 Å². The highest BCUT2D eigenvalue weighted by molar-refractivity contribution is 6.23. The van der Waals surface area contributed by atoms with Gasteiger partial charge < -0.3 is 4.74 Å². The molecule has 0 saturated heterocycles. The van der Waals surface area contributed by atoms with Crippen molar-refractivity contribution in [2.24, 2.45) is 0 Å². The van der Waals surface area contributed by atoms with E-state index in [2.05, 4.69) is 4.98 Å². The molecule has 11 heteroatoms. The maximum Gasteiger partial charge on any atom is 0.307 e. The van der Waals surface area contributed by atoms with Crippen molar-refractivity contribution in [3.8, 4) is 0 Å².